The SMILES string of the molecule is O=C(Cn1cc(C(F)(F)F)cc(Cl)c1=O)Nc1ncc(Cl)cc1Cl. The highest BCUT2D eigenvalue weighted by Gasteiger charge is 2.32. The van der Waals surface area contributed by atoms with Gasteiger partial charge in [0, 0.05) is 12.4 Å². The molecule has 1 N–H and O–H groups in total. The Morgan fingerprint density at radius 2 is 1.88 bits per heavy atom. The third kappa shape index (κ3) is 4.40. The molecule has 0 saturated heterocycles. The Hall–Kier alpha value is -1.77. The second-order valence-corrected chi connectivity index (χ2v) is 5.79. The van der Waals surface area contributed by atoms with Gasteiger partial charge in [-0.1, -0.05) is 34.8 Å². The van der Waals surface area contributed by atoms with Crippen LogP contribution in [-0.4, -0.2) is 15.5 Å². The first-order chi connectivity index (χ1) is 11.1. The zero-order valence-electron chi connectivity index (χ0n) is 11.5. The van der Waals surface area contributed by atoms with Crippen molar-refractivity contribution < 1.29 is 18.0 Å². The lowest BCUT2D eigenvalue weighted by Gasteiger charge is -2.12. The number of pyridine rings is 2. The van der Waals surface area contributed by atoms with E-state index in [0.29, 0.717) is 16.8 Å². The van der Waals surface area contributed by atoms with E-state index in [9.17, 15) is 22.8 Å². The van der Waals surface area contributed by atoms with Crippen molar-refractivity contribution in [3.05, 3.63) is 55.5 Å². The Labute approximate surface area is 148 Å². The van der Waals surface area contributed by atoms with Crippen molar-refractivity contribution in [2.45, 2.75) is 12.7 Å². The summed E-state index contributed by atoms with van der Waals surface area (Å²) < 4.78 is 38.8. The molecule has 2 aromatic rings. The molecule has 2 aromatic heterocycles. The number of nitrogens with one attached hydrogen (secondary N) is 1. The van der Waals surface area contributed by atoms with Gasteiger partial charge < -0.3 is 9.88 Å². The lowest BCUT2D eigenvalue weighted by Crippen LogP contribution is -2.29. The second kappa shape index (κ2) is 7.00. The molecule has 0 spiro atoms. The number of amides is 1. The number of anilines is 1. The summed E-state index contributed by atoms with van der Waals surface area (Å²) in [6, 6.07) is 1.81. The third-order valence-corrected chi connectivity index (χ3v) is 3.51. The third-order valence-electron chi connectivity index (χ3n) is 2.75. The average Bonchev–Trinajstić information content (AvgIpc) is 2.45. The van der Waals surface area contributed by atoms with Crippen LogP contribution in [0.25, 0.3) is 0 Å². The van der Waals surface area contributed by atoms with Gasteiger partial charge in [0.25, 0.3) is 5.56 Å². The molecule has 0 aromatic carbocycles. The molecule has 0 bridgehead atoms. The molecule has 2 rings (SSSR count). The quantitative estimate of drug-likeness (QED) is 0.851. The number of carbonyl (C=O) groups excluding carboxylic acids is 1. The highest BCUT2D eigenvalue weighted by Crippen LogP contribution is 2.29. The van der Waals surface area contributed by atoms with Gasteiger partial charge in [-0.15, -0.1) is 0 Å². The molecule has 0 unspecified atom stereocenters. The summed E-state index contributed by atoms with van der Waals surface area (Å²) in [5, 5.41) is 1.88. The summed E-state index contributed by atoms with van der Waals surface area (Å²) in [5.74, 6) is -0.860. The van der Waals surface area contributed by atoms with Crippen LogP contribution >= 0.6 is 34.8 Å². The number of carbonyl (C=O) groups is 1. The van der Waals surface area contributed by atoms with E-state index in [0.717, 1.165) is 0 Å². The van der Waals surface area contributed by atoms with Crippen LogP contribution in [0.2, 0.25) is 15.1 Å². The van der Waals surface area contributed by atoms with E-state index in [1.807, 2.05) is 0 Å². The van der Waals surface area contributed by atoms with Gasteiger partial charge in [-0.3, -0.25) is 9.59 Å². The Kier molecular flexibility index (Phi) is 5.42. The van der Waals surface area contributed by atoms with E-state index < -0.39 is 34.8 Å². The lowest BCUT2D eigenvalue weighted by molar-refractivity contribution is -0.138. The largest absolute Gasteiger partial charge is 0.417 e. The van der Waals surface area contributed by atoms with Gasteiger partial charge in [-0.05, 0) is 12.1 Å². The van der Waals surface area contributed by atoms with E-state index in [4.69, 9.17) is 34.8 Å². The number of nitrogens with zero attached hydrogens (tertiary/aromatic N) is 2. The predicted molar refractivity (Wildman–Crippen MR) is 83.6 cm³/mol. The van der Waals surface area contributed by atoms with Crippen molar-refractivity contribution in [2.75, 3.05) is 5.32 Å². The zero-order valence-corrected chi connectivity index (χ0v) is 13.8. The number of aromatic nitrogens is 2. The molecule has 2 heterocycles. The minimum atomic E-state index is -4.71. The number of rotatable bonds is 3. The van der Waals surface area contributed by atoms with Crippen molar-refractivity contribution in [3.63, 3.8) is 0 Å². The summed E-state index contributed by atoms with van der Waals surface area (Å²) in [5.41, 5.74) is -2.09. The van der Waals surface area contributed by atoms with Crippen LogP contribution in [0.1, 0.15) is 5.56 Å². The van der Waals surface area contributed by atoms with Crippen LogP contribution in [0.3, 0.4) is 0 Å². The van der Waals surface area contributed by atoms with Gasteiger partial charge in [0.05, 0.1) is 15.6 Å². The molecule has 11 heteroatoms. The van der Waals surface area contributed by atoms with Crippen molar-refractivity contribution in [3.8, 4) is 0 Å². The summed E-state index contributed by atoms with van der Waals surface area (Å²) in [6.07, 6.45) is -2.99. The maximum Gasteiger partial charge on any atom is 0.417 e. The van der Waals surface area contributed by atoms with Gasteiger partial charge in [0.2, 0.25) is 5.91 Å². The fourth-order valence-corrected chi connectivity index (χ4v) is 2.36. The molecular formula is C13H7Cl3F3N3O2. The van der Waals surface area contributed by atoms with Crippen LogP contribution in [0.4, 0.5) is 19.0 Å². The summed E-state index contributed by atoms with van der Waals surface area (Å²) >= 11 is 17.0. The highest BCUT2D eigenvalue weighted by atomic mass is 35.5. The van der Waals surface area contributed by atoms with E-state index >= 15 is 0 Å². The van der Waals surface area contributed by atoms with Crippen LogP contribution in [0.15, 0.2) is 29.3 Å². The molecule has 24 heavy (non-hydrogen) atoms. The van der Waals surface area contributed by atoms with Crippen LogP contribution in [-0.2, 0) is 17.5 Å². The zero-order chi connectivity index (χ0) is 18.1. The average molecular weight is 401 g/mol. The molecular weight excluding hydrogens is 394 g/mol. The molecule has 0 aliphatic carbocycles. The van der Waals surface area contributed by atoms with Crippen LogP contribution in [0.5, 0.6) is 0 Å². The minimum Gasteiger partial charge on any atom is -0.308 e. The Balaban J connectivity index is 2.25. The molecule has 5 nitrogen and oxygen atoms in total. The van der Waals surface area contributed by atoms with Gasteiger partial charge in [-0.25, -0.2) is 4.98 Å². The predicted octanol–water partition coefficient (Wildman–Crippen LogP) is 3.86. The second-order valence-electron chi connectivity index (χ2n) is 4.54. The molecule has 0 radical (unpaired) electrons. The smallest absolute Gasteiger partial charge is 0.308 e. The van der Waals surface area contributed by atoms with Crippen molar-refractivity contribution >= 4 is 46.5 Å². The summed E-state index contributed by atoms with van der Waals surface area (Å²) in [7, 11) is 0. The Morgan fingerprint density at radius 1 is 1.21 bits per heavy atom. The lowest BCUT2D eigenvalue weighted by atomic mass is 10.2. The van der Waals surface area contributed by atoms with Gasteiger partial charge >= 0.3 is 6.18 Å². The number of hydrogen-bond donors (Lipinski definition) is 1. The molecule has 0 saturated carbocycles. The van der Waals surface area contributed by atoms with Crippen LogP contribution < -0.4 is 10.9 Å². The fourth-order valence-electron chi connectivity index (χ4n) is 1.70. The molecule has 0 fully saturated rings. The van der Waals surface area contributed by atoms with Crippen molar-refractivity contribution in [1.82, 2.24) is 9.55 Å². The van der Waals surface area contributed by atoms with Gasteiger partial charge in [0.1, 0.15) is 11.6 Å². The van der Waals surface area contributed by atoms with E-state index in [2.05, 4.69) is 10.3 Å². The van der Waals surface area contributed by atoms with E-state index in [1.165, 1.54) is 12.3 Å². The first kappa shape index (κ1) is 18.6. The molecule has 0 aliphatic heterocycles. The first-order valence-corrected chi connectivity index (χ1v) is 7.29. The maximum atomic E-state index is 12.7. The van der Waals surface area contributed by atoms with Crippen molar-refractivity contribution in [1.29, 1.82) is 0 Å². The standard InChI is InChI=1S/C13H7Cl3F3N3O2/c14-7-2-8(15)11(20-3-7)21-10(23)5-22-4-6(13(17,18)19)1-9(16)12(22)24/h1-4H,5H2,(H,20,21,23). The number of alkyl halides is 3. The van der Waals surface area contributed by atoms with E-state index in [-0.39, 0.29) is 15.9 Å². The monoisotopic (exact) mass is 399 g/mol. The molecule has 1 amide bonds. The van der Waals surface area contributed by atoms with Gasteiger partial charge in [0.15, 0.2) is 5.82 Å². The molecule has 0 aliphatic rings. The van der Waals surface area contributed by atoms with Gasteiger partial charge in [-0.2, -0.15) is 13.2 Å². The Morgan fingerprint density at radius 3 is 2.46 bits per heavy atom. The van der Waals surface area contributed by atoms with Crippen LogP contribution in [0, 0.1) is 0 Å². The topological polar surface area (TPSA) is 64.0 Å². The number of halogens is 6. The van der Waals surface area contributed by atoms with E-state index in [1.54, 1.807) is 0 Å². The first-order valence-electron chi connectivity index (χ1n) is 6.16. The minimum absolute atomic E-state index is 0.0327. The fraction of sp³-hybridized carbons (Fsp3) is 0.154. The summed E-state index contributed by atoms with van der Waals surface area (Å²) in [6.45, 7) is -0.705. The maximum absolute atomic E-state index is 12.7. The number of hydrogen-bond acceptors (Lipinski definition) is 3. The molecule has 0 atom stereocenters. The van der Waals surface area contributed by atoms with Crippen molar-refractivity contribution in [2.24, 2.45) is 0 Å². The summed E-state index contributed by atoms with van der Waals surface area (Å²) in [4.78, 5) is 27.5. The normalized spacial score (nSPS) is 11.4. The molecule has 128 valence electrons. The highest BCUT2D eigenvalue weighted by molar-refractivity contribution is 6.36. The Bertz CT molecular complexity index is 853.